The number of hydrogen-bond acceptors (Lipinski definition) is 3. The van der Waals surface area contributed by atoms with E-state index in [0.717, 1.165) is 18.6 Å². The van der Waals surface area contributed by atoms with Gasteiger partial charge in [-0.3, -0.25) is 4.79 Å². The molecule has 4 nitrogen and oxygen atoms in total. The maximum absolute atomic E-state index is 13.7. The molecular formula is C21H26FNO3. The third-order valence-electron chi connectivity index (χ3n) is 4.90. The first-order valence-corrected chi connectivity index (χ1v) is 9.20. The first-order chi connectivity index (χ1) is 12.5. The van der Waals surface area contributed by atoms with Crippen molar-refractivity contribution in [2.24, 2.45) is 0 Å². The van der Waals surface area contributed by atoms with E-state index in [9.17, 15) is 9.18 Å². The number of aryl methyl sites for hydroxylation is 1. The number of piperidine rings is 1. The molecule has 0 bridgehead atoms. The predicted molar refractivity (Wildman–Crippen MR) is 97.6 cm³/mol. The van der Waals surface area contributed by atoms with Crippen LogP contribution < -0.4 is 0 Å². The van der Waals surface area contributed by atoms with Crippen molar-refractivity contribution in [3.63, 3.8) is 0 Å². The molecule has 2 heterocycles. The van der Waals surface area contributed by atoms with Crippen molar-refractivity contribution in [1.29, 1.82) is 0 Å². The molecule has 0 N–H and O–H groups in total. The Kier molecular flexibility index (Phi) is 5.77. The van der Waals surface area contributed by atoms with E-state index in [-0.39, 0.29) is 30.4 Å². The van der Waals surface area contributed by atoms with Gasteiger partial charge in [-0.1, -0.05) is 32.0 Å². The Morgan fingerprint density at radius 3 is 2.62 bits per heavy atom. The zero-order valence-electron chi connectivity index (χ0n) is 15.6. The third kappa shape index (κ3) is 4.15. The summed E-state index contributed by atoms with van der Waals surface area (Å²) in [5.41, 5.74) is 1.22. The van der Waals surface area contributed by atoms with E-state index in [1.165, 1.54) is 6.07 Å². The standard InChI is InChI=1S/C21H26FNO3/c1-14(2)20-12-18(15(3)26-20)21(24)23-10-8-17(9-11-23)25-13-16-6-4-5-7-19(16)22/h4-7,12,14,17H,8-11,13H2,1-3H3. The van der Waals surface area contributed by atoms with Crippen molar-refractivity contribution in [2.45, 2.75) is 52.2 Å². The summed E-state index contributed by atoms with van der Waals surface area (Å²) in [6.45, 7) is 7.48. The van der Waals surface area contributed by atoms with Gasteiger partial charge in [-0.2, -0.15) is 0 Å². The minimum absolute atomic E-state index is 0.0192. The van der Waals surface area contributed by atoms with Crippen molar-refractivity contribution in [3.8, 4) is 0 Å². The van der Waals surface area contributed by atoms with Gasteiger partial charge in [0.2, 0.25) is 0 Å². The molecule has 0 atom stereocenters. The van der Waals surface area contributed by atoms with Crippen LogP contribution in [-0.4, -0.2) is 30.0 Å². The van der Waals surface area contributed by atoms with E-state index in [2.05, 4.69) is 0 Å². The highest BCUT2D eigenvalue weighted by molar-refractivity contribution is 5.95. The lowest BCUT2D eigenvalue weighted by Crippen LogP contribution is -2.41. The van der Waals surface area contributed by atoms with Crippen LogP contribution in [0.2, 0.25) is 0 Å². The molecule has 140 valence electrons. The van der Waals surface area contributed by atoms with Gasteiger partial charge >= 0.3 is 0 Å². The summed E-state index contributed by atoms with van der Waals surface area (Å²) in [6.07, 6.45) is 1.57. The van der Waals surface area contributed by atoms with E-state index >= 15 is 0 Å². The number of likely N-dealkylation sites (tertiary alicyclic amines) is 1. The Hall–Kier alpha value is -2.14. The normalized spacial score (nSPS) is 15.7. The summed E-state index contributed by atoms with van der Waals surface area (Å²) in [5.74, 6) is 1.56. The molecule has 3 rings (SSSR count). The zero-order valence-corrected chi connectivity index (χ0v) is 15.6. The monoisotopic (exact) mass is 359 g/mol. The SMILES string of the molecule is Cc1oc(C(C)C)cc1C(=O)N1CCC(OCc2ccccc2F)CC1. The average molecular weight is 359 g/mol. The number of halogens is 1. The minimum atomic E-state index is -0.239. The second kappa shape index (κ2) is 8.04. The summed E-state index contributed by atoms with van der Waals surface area (Å²) in [4.78, 5) is 14.6. The van der Waals surface area contributed by atoms with Crippen LogP contribution in [0.15, 0.2) is 34.7 Å². The summed E-state index contributed by atoms with van der Waals surface area (Å²) in [6, 6.07) is 8.52. The number of carbonyl (C=O) groups is 1. The number of furan rings is 1. The summed E-state index contributed by atoms with van der Waals surface area (Å²) in [5, 5.41) is 0. The Morgan fingerprint density at radius 2 is 2.00 bits per heavy atom. The Bertz CT molecular complexity index is 760. The highest BCUT2D eigenvalue weighted by Crippen LogP contribution is 2.25. The molecule has 26 heavy (non-hydrogen) atoms. The lowest BCUT2D eigenvalue weighted by atomic mass is 10.1. The maximum atomic E-state index is 13.7. The Morgan fingerprint density at radius 1 is 1.31 bits per heavy atom. The molecule has 1 amide bonds. The first-order valence-electron chi connectivity index (χ1n) is 9.20. The molecule has 1 aromatic heterocycles. The Balaban J connectivity index is 1.53. The molecule has 2 aromatic rings. The van der Waals surface area contributed by atoms with Crippen molar-refractivity contribution in [1.82, 2.24) is 4.90 Å². The van der Waals surface area contributed by atoms with Gasteiger partial charge in [-0.25, -0.2) is 4.39 Å². The quantitative estimate of drug-likeness (QED) is 0.779. The van der Waals surface area contributed by atoms with Crippen LogP contribution >= 0.6 is 0 Å². The fraction of sp³-hybridized carbons (Fsp3) is 0.476. The predicted octanol–water partition coefficient (Wildman–Crippen LogP) is 4.67. The van der Waals surface area contributed by atoms with Crippen molar-refractivity contribution in [2.75, 3.05) is 13.1 Å². The van der Waals surface area contributed by atoms with Crippen LogP contribution in [0.5, 0.6) is 0 Å². The Labute approximate surface area is 153 Å². The zero-order chi connectivity index (χ0) is 18.7. The molecule has 5 heteroatoms. The average Bonchev–Trinajstić information content (AvgIpc) is 3.03. The third-order valence-corrected chi connectivity index (χ3v) is 4.90. The van der Waals surface area contributed by atoms with Crippen LogP contribution in [-0.2, 0) is 11.3 Å². The summed E-state index contributed by atoms with van der Waals surface area (Å²) < 4.78 is 25.2. The van der Waals surface area contributed by atoms with E-state index in [0.29, 0.717) is 30.0 Å². The highest BCUT2D eigenvalue weighted by atomic mass is 19.1. The lowest BCUT2D eigenvalue weighted by molar-refractivity contribution is -0.00134. The number of hydrogen-bond donors (Lipinski definition) is 0. The molecule has 1 aliphatic rings. The van der Waals surface area contributed by atoms with Crippen LogP contribution in [0.3, 0.4) is 0 Å². The molecular weight excluding hydrogens is 333 g/mol. The van der Waals surface area contributed by atoms with Crippen molar-refractivity contribution in [3.05, 3.63) is 58.8 Å². The van der Waals surface area contributed by atoms with Crippen LogP contribution in [0.25, 0.3) is 0 Å². The summed E-state index contributed by atoms with van der Waals surface area (Å²) >= 11 is 0. The number of benzene rings is 1. The van der Waals surface area contributed by atoms with E-state index < -0.39 is 0 Å². The number of amides is 1. The van der Waals surface area contributed by atoms with Gasteiger partial charge in [0.05, 0.1) is 18.3 Å². The molecule has 1 fully saturated rings. The number of ether oxygens (including phenoxy) is 1. The fourth-order valence-electron chi connectivity index (χ4n) is 3.22. The van der Waals surface area contributed by atoms with Gasteiger partial charge in [0.25, 0.3) is 5.91 Å². The second-order valence-corrected chi connectivity index (χ2v) is 7.17. The van der Waals surface area contributed by atoms with Gasteiger partial charge in [0.1, 0.15) is 17.3 Å². The molecule has 0 unspecified atom stereocenters. The fourth-order valence-corrected chi connectivity index (χ4v) is 3.22. The van der Waals surface area contributed by atoms with Crippen LogP contribution in [0.1, 0.15) is 60.0 Å². The molecule has 0 spiro atoms. The molecule has 0 aliphatic carbocycles. The van der Waals surface area contributed by atoms with Crippen molar-refractivity contribution >= 4 is 5.91 Å². The van der Waals surface area contributed by atoms with Gasteiger partial charge in [-0.05, 0) is 31.9 Å². The largest absolute Gasteiger partial charge is 0.465 e. The first kappa shape index (κ1) is 18.6. The van der Waals surface area contributed by atoms with Gasteiger partial charge in [-0.15, -0.1) is 0 Å². The molecule has 0 radical (unpaired) electrons. The number of nitrogens with zero attached hydrogens (tertiary/aromatic N) is 1. The summed E-state index contributed by atoms with van der Waals surface area (Å²) in [7, 11) is 0. The number of rotatable bonds is 5. The topological polar surface area (TPSA) is 42.7 Å². The van der Waals surface area contributed by atoms with Crippen LogP contribution in [0, 0.1) is 12.7 Å². The molecule has 1 saturated heterocycles. The van der Waals surface area contributed by atoms with Gasteiger partial charge in [0, 0.05) is 24.6 Å². The molecule has 0 saturated carbocycles. The minimum Gasteiger partial charge on any atom is -0.465 e. The second-order valence-electron chi connectivity index (χ2n) is 7.17. The van der Waals surface area contributed by atoms with Crippen molar-refractivity contribution < 1.29 is 18.3 Å². The molecule has 1 aliphatic heterocycles. The lowest BCUT2D eigenvalue weighted by Gasteiger charge is -2.32. The highest BCUT2D eigenvalue weighted by Gasteiger charge is 2.27. The van der Waals surface area contributed by atoms with Gasteiger partial charge in [0.15, 0.2) is 0 Å². The van der Waals surface area contributed by atoms with E-state index in [1.54, 1.807) is 12.1 Å². The van der Waals surface area contributed by atoms with Gasteiger partial charge < -0.3 is 14.1 Å². The molecule has 1 aromatic carbocycles. The smallest absolute Gasteiger partial charge is 0.257 e. The number of carbonyl (C=O) groups excluding carboxylic acids is 1. The maximum Gasteiger partial charge on any atom is 0.257 e. The van der Waals surface area contributed by atoms with Crippen LogP contribution in [0.4, 0.5) is 4.39 Å². The van der Waals surface area contributed by atoms with E-state index in [1.807, 2.05) is 37.8 Å². The van der Waals surface area contributed by atoms with E-state index in [4.69, 9.17) is 9.15 Å².